The van der Waals surface area contributed by atoms with Crippen LogP contribution in [0.3, 0.4) is 0 Å². The number of benzene rings is 2. The van der Waals surface area contributed by atoms with E-state index in [-0.39, 0.29) is 5.91 Å². The summed E-state index contributed by atoms with van der Waals surface area (Å²) < 4.78 is 1.69. The fourth-order valence-electron chi connectivity index (χ4n) is 3.35. The molecular formula is C24H18N6O. The van der Waals surface area contributed by atoms with Crippen molar-refractivity contribution in [3.05, 3.63) is 96.2 Å². The highest BCUT2D eigenvalue weighted by atomic mass is 16.1. The zero-order valence-corrected chi connectivity index (χ0v) is 16.7. The van der Waals surface area contributed by atoms with E-state index in [1.807, 2.05) is 85.8 Å². The average Bonchev–Trinajstić information content (AvgIpc) is 3.24. The summed E-state index contributed by atoms with van der Waals surface area (Å²) >= 11 is 0. The molecule has 0 aliphatic heterocycles. The van der Waals surface area contributed by atoms with Crippen molar-refractivity contribution >= 4 is 17.2 Å². The molecule has 0 saturated heterocycles. The van der Waals surface area contributed by atoms with Crippen molar-refractivity contribution in [2.24, 2.45) is 0 Å². The lowest BCUT2D eigenvalue weighted by atomic mass is 10.1. The second-order valence-electron chi connectivity index (χ2n) is 7.07. The van der Waals surface area contributed by atoms with Gasteiger partial charge in [0.05, 0.1) is 5.69 Å². The molecule has 3 aromatic heterocycles. The Balaban J connectivity index is 1.42. The van der Waals surface area contributed by atoms with E-state index in [0.29, 0.717) is 22.7 Å². The highest BCUT2D eigenvalue weighted by Gasteiger charge is 2.12. The molecule has 0 aliphatic carbocycles. The van der Waals surface area contributed by atoms with Crippen molar-refractivity contribution in [3.63, 3.8) is 0 Å². The van der Waals surface area contributed by atoms with Crippen molar-refractivity contribution in [1.29, 1.82) is 0 Å². The van der Waals surface area contributed by atoms with E-state index in [9.17, 15) is 4.79 Å². The Kier molecular flexibility index (Phi) is 4.68. The summed E-state index contributed by atoms with van der Waals surface area (Å²) in [6.07, 6.45) is 1.71. The molecule has 5 aromatic rings. The van der Waals surface area contributed by atoms with Crippen molar-refractivity contribution in [1.82, 2.24) is 24.8 Å². The Bertz CT molecular complexity index is 1380. The van der Waals surface area contributed by atoms with Crippen LogP contribution in [0, 0.1) is 6.92 Å². The average molecular weight is 406 g/mol. The van der Waals surface area contributed by atoms with Gasteiger partial charge in [0.15, 0.2) is 5.65 Å². The van der Waals surface area contributed by atoms with Gasteiger partial charge in [0.1, 0.15) is 5.69 Å². The number of carbonyl (C=O) groups is 1. The van der Waals surface area contributed by atoms with Crippen LogP contribution in [0.5, 0.6) is 0 Å². The number of aromatic nitrogens is 5. The molecule has 0 fully saturated rings. The Morgan fingerprint density at radius 1 is 0.839 bits per heavy atom. The molecule has 0 saturated carbocycles. The van der Waals surface area contributed by atoms with Crippen LogP contribution in [0.4, 0.5) is 5.69 Å². The Labute approximate surface area is 178 Å². The predicted octanol–water partition coefficient (Wildman–Crippen LogP) is 4.41. The van der Waals surface area contributed by atoms with Gasteiger partial charge >= 0.3 is 0 Å². The number of nitrogens with zero attached hydrogens (tertiary/aromatic N) is 5. The lowest BCUT2D eigenvalue weighted by Crippen LogP contribution is -2.13. The van der Waals surface area contributed by atoms with Gasteiger partial charge < -0.3 is 5.32 Å². The number of anilines is 1. The van der Waals surface area contributed by atoms with Gasteiger partial charge in [-0.1, -0.05) is 36.4 Å². The number of carbonyl (C=O) groups excluding carboxylic acids is 1. The van der Waals surface area contributed by atoms with Crippen molar-refractivity contribution in [2.45, 2.75) is 6.92 Å². The van der Waals surface area contributed by atoms with Gasteiger partial charge in [0, 0.05) is 23.0 Å². The topological polar surface area (TPSA) is 85.1 Å². The van der Waals surface area contributed by atoms with Gasteiger partial charge in [0.2, 0.25) is 5.82 Å². The number of amides is 1. The van der Waals surface area contributed by atoms with Gasteiger partial charge in [-0.15, -0.1) is 10.2 Å². The Hall–Kier alpha value is -4.39. The first-order valence-corrected chi connectivity index (χ1v) is 9.80. The van der Waals surface area contributed by atoms with Gasteiger partial charge in [-0.2, -0.15) is 9.61 Å². The minimum absolute atomic E-state index is 0.130. The second-order valence-corrected chi connectivity index (χ2v) is 7.07. The maximum atomic E-state index is 12.5. The molecule has 7 nitrogen and oxygen atoms in total. The maximum absolute atomic E-state index is 12.5. The molecule has 0 unspecified atom stereocenters. The highest BCUT2D eigenvalue weighted by Crippen LogP contribution is 2.22. The zero-order valence-electron chi connectivity index (χ0n) is 16.7. The molecule has 0 atom stereocenters. The summed E-state index contributed by atoms with van der Waals surface area (Å²) in [6.45, 7) is 1.92. The standard InChI is InChI=1S/C24H18N6O/c1-16-6-2-3-7-19(16)24(31)26-18-11-9-17(10-12-18)20-13-14-22-27-28-23(30(22)29-20)21-8-4-5-15-25-21/h2-15H,1H3,(H,26,31). The number of hydrogen-bond acceptors (Lipinski definition) is 5. The number of hydrogen-bond donors (Lipinski definition) is 1. The highest BCUT2D eigenvalue weighted by molar-refractivity contribution is 6.05. The van der Waals surface area contributed by atoms with Crippen LogP contribution in [-0.2, 0) is 0 Å². The zero-order chi connectivity index (χ0) is 21.2. The molecule has 0 radical (unpaired) electrons. The molecule has 7 heteroatoms. The monoisotopic (exact) mass is 406 g/mol. The lowest BCUT2D eigenvalue weighted by molar-refractivity contribution is 0.102. The predicted molar refractivity (Wildman–Crippen MR) is 119 cm³/mol. The Morgan fingerprint density at radius 3 is 2.42 bits per heavy atom. The van der Waals surface area contributed by atoms with E-state index in [4.69, 9.17) is 5.10 Å². The molecule has 1 N–H and O–H groups in total. The van der Waals surface area contributed by atoms with E-state index < -0.39 is 0 Å². The second kappa shape index (κ2) is 7.79. The van der Waals surface area contributed by atoms with E-state index in [2.05, 4.69) is 20.5 Å². The van der Waals surface area contributed by atoms with Crippen LogP contribution in [0.15, 0.2) is 85.1 Å². The van der Waals surface area contributed by atoms with Crippen LogP contribution in [0.25, 0.3) is 28.4 Å². The molecular weight excluding hydrogens is 388 g/mol. The molecule has 150 valence electrons. The fourth-order valence-corrected chi connectivity index (χ4v) is 3.35. The molecule has 2 aromatic carbocycles. The summed E-state index contributed by atoms with van der Waals surface area (Å²) in [4.78, 5) is 16.9. The van der Waals surface area contributed by atoms with E-state index >= 15 is 0 Å². The summed E-state index contributed by atoms with van der Waals surface area (Å²) in [6, 6.07) is 24.5. The number of pyridine rings is 1. The van der Waals surface area contributed by atoms with Crippen molar-refractivity contribution in [2.75, 3.05) is 5.32 Å². The summed E-state index contributed by atoms with van der Waals surface area (Å²) in [5, 5.41) is 16.0. The smallest absolute Gasteiger partial charge is 0.255 e. The number of fused-ring (bicyclic) bond motifs is 1. The van der Waals surface area contributed by atoms with Gasteiger partial charge in [-0.25, -0.2) is 0 Å². The minimum atomic E-state index is -0.130. The summed E-state index contributed by atoms with van der Waals surface area (Å²) in [5.74, 6) is 0.453. The third kappa shape index (κ3) is 3.64. The normalized spacial score (nSPS) is 10.9. The minimum Gasteiger partial charge on any atom is -0.322 e. The SMILES string of the molecule is Cc1ccccc1C(=O)Nc1ccc(-c2ccc3nnc(-c4ccccn4)n3n2)cc1. The number of rotatable bonds is 4. The summed E-state index contributed by atoms with van der Waals surface area (Å²) in [7, 11) is 0. The maximum Gasteiger partial charge on any atom is 0.255 e. The molecule has 3 heterocycles. The van der Waals surface area contributed by atoms with E-state index in [0.717, 1.165) is 22.5 Å². The van der Waals surface area contributed by atoms with Gasteiger partial charge in [-0.3, -0.25) is 9.78 Å². The molecule has 1 amide bonds. The van der Waals surface area contributed by atoms with Crippen LogP contribution < -0.4 is 5.32 Å². The largest absolute Gasteiger partial charge is 0.322 e. The fraction of sp³-hybridized carbons (Fsp3) is 0.0417. The van der Waals surface area contributed by atoms with Crippen molar-refractivity contribution < 1.29 is 4.79 Å². The number of nitrogens with one attached hydrogen (secondary N) is 1. The third-order valence-electron chi connectivity index (χ3n) is 4.99. The molecule has 0 aliphatic rings. The molecule has 31 heavy (non-hydrogen) atoms. The van der Waals surface area contributed by atoms with Crippen molar-refractivity contribution in [3.8, 4) is 22.8 Å². The van der Waals surface area contributed by atoms with Crippen LogP contribution in [0.1, 0.15) is 15.9 Å². The Morgan fingerprint density at radius 2 is 1.65 bits per heavy atom. The molecule has 5 rings (SSSR count). The first-order valence-electron chi connectivity index (χ1n) is 9.80. The number of aryl methyl sites for hydroxylation is 1. The van der Waals surface area contributed by atoms with E-state index in [1.165, 1.54) is 0 Å². The van der Waals surface area contributed by atoms with Gasteiger partial charge in [0.25, 0.3) is 5.91 Å². The first-order chi connectivity index (χ1) is 15.2. The van der Waals surface area contributed by atoms with Crippen LogP contribution in [-0.4, -0.2) is 30.7 Å². The quantitative estimate of drug-likeness (QED) is 0.478. The lowest BCUT2D eigenvalue weighted by Gasteiger charge is -2.08. The summed E-state index contributed by atoms with van der Waals surface area (Å²) in [5.41, 5.74) is 5.34. The van der Waals surface area contributed by atoms with E-state index in [1.54, 1.807) is 10.7 Å². The van der Waals surface area contributed by atoms with Crippen LogP contribution >= 0.6 is 0 Å². The van der Waals surface area contributed by atoms with Gasteiger partial charge in [-0.05, 0) is 55.0 Å². The molecule has 0 spiro atoms. The van der Waals surface area contributed by atoms with Crippen LogP contribution in [0.2, 0.25) is 0 Å². The third-order valence-corrected chi connectivity index (χ3v) is 4.99. The molecule has 0 bridgehead atoms. The first kappa shape index (κ1) is 18.6.